The fraction of sp³-hybridized carbons (Fsp3) is 0.412. The first-order valence-corrected chi connectivity index (χ1v) is 7.54. The highest BCUT2D eigenvalue weighted by Crippen LogP contribution is 2.20. The summed E-state index contributed by atoms with van der Waals surface area (Å²) in [6.45, 7) is 4.45. The van der Waals surface area contributed by atoms with Gasteiger partial charge in [-0.3, -0.25) is 19.4 Å². The van der Waals surface area contributed by atoms with E-state index in [1.807, 2.05) is 18.2 Å². The molecule has 2 heterocycles. The number of likely N-dealkylation sites (N-methyl/N-ethyl adjacent to an activating group) is 1. The Bertz CT molecular complexity index is 601. The standard InChI is InChI=1S/C17H20N2O3/c1-18-16(20)11-15(17(18)21)10-13-2-4-14(5-3-13)12-19-6-8-22-9-7-19/h2-5,10H,6-9,11-12H2,1H3/b15-10+. The molecule has 3 rings (SSSR count). The van der Waals surface area contributed by atoms with E-state index in [4.69, 9.17) is 4.74 Å². The molecule has 0 N–H and O–H groups in total. The van der Waals surface area contributed by atoms with E-state index < -0.39 is 0 Å². The molecule has 2 amide bonds. The number of morpholine rings is 1. The molecule has 2 aliphatic heterocycles. The summed E-state index contributed by atoms with van der Waals surface area (Å²) in [5.74, 6) is -0.331. The minimum absolute atomic E-state index is 0.139. The predicted molar refractivity (Wildman–Crippen MR) is 82.9 cm³/mol. The number of likely N-dealkylation sites (tertiary alicyclic amines) is 1. The van der Waals surface area contributed by atoms with Crippen molar-refractivity contribution in [2.75, 3.05) is 33.4 Å². The lowest BCUT2D eigenvalue weighted by Gasteiger charge is -2.26. The van der Waals surface area contributed by atoms with E-state index in [-0.39, 0.29) is 18.2 Å². The van der Waals surface area contributed by atoms with E-state index in [1.165, 1.54) is 17.5 Å². The van der Waals surface area contributed by atoms with Gasteiger partial charge in [0.1, 0.15) is 0 Å². The molecule has 0 spiro atoms. The van der Waals surface area contributed by atoms with Crippen molar-refractivity contribution in [3.05, 3.63) is 41.0 Å². The maximum atomic E-state index is 11.9. The van der Waals surface area contributed by atoms with Crippen molar-refractivity contribution in [3.63, 3.8) is 0 Å². The van der Waals surface area contributed by atoms with Crippen molar-refractivity contribution in [1.29, 1.82) is 0 Å². The van der Waals surface area contributed by atoms with E-state index in [9.17, 15) is 9.59 Å². The van der Waals surface area contributed by atoms with Crippen LogP contribution in [0.25, 0.3) is 6.08 Å². The number of rotatable bonds is 3. The molecule has 1 aromatic carbocycles. The normalized spacial score (nSPS) is 21.9. The molecule has 2 saturated heterocycles. The van der Waals surface area contributed by atoms with Gasteiger partial charge in [-0.1, -0.05) is 24.3 Å². The molecule has 1 aromatic rings. The van der Waals surface area contributed by atoms with Crippen molar-refractivity contribution in [2.24, 2.45) is 0 Å². The van der Waals surface area contributed by atoms with E-state index in [1.54, 1.807) is 0 Å². The molecular formula is C17H20N2O3. The van der Waals surface area contributed by atoms with Crippen molar-refractivity contribution in [3.8, 4) is 0 Å². The summed E-state index contributed by atoms with van der Waals surface area (Å²) in [4.78, 5) is 26.9. The van der Waals surface area contributed by atoms with Crippen LogP contribution < -0.4 is 0 Å². The van der Waals surface area contributed by atoms with Gasteiger partial charge in [0, 0.05) is 32.3 Å². The average Bonchev–Trinajstić information content (AvgIpc) is 2.77. The zero-order chi connectivity index (χ0) is 15.5. The molecule has 0 aromatic heterocycles. The van der Waals surface area contributed by atoms with Gasteiger partial charge >= 0.3 is 0 Å². The van der Waals surface area contributed by atoms with Crippen LogP contribution in [0.2, 0.25) is 0 Å². The van der Waals surface area contributed by atoms with Crippen LogP contribution in [0.1, 0.15) is 17.5 Å². The van der Waals surface area contributed by atoms with Crippen LogP contribution in [0, 0.1) is 0 Å². The topological polar surface area (TPSA) is 49.9 Å². The second-order valence-corrected chi connectivity index (χ2v) is 5.73. The summed E-state index contributed by atoms with van der Waals surface area (Å²) in [5, 5.41) is 0. The Labute approximate surface area is 130 Å². The molecule has 5 nitrogen and oxygen atoms in total. The molecule has 116 valence electrons. The first kappa shape index (κ1) is 14.9. The monoisotopic (exact) mass is 300 g/mol. The number of amides is 2. The van der Waals surface area contributed by atoms with Gasteiger partial charge in [-0.15, -0.1) is 0 Å². The van der Waals surface area contributed by atoms with E-state index in [0.29, 0.717) is 5.57 Å². The van der Waals surface area contributed by atoms with Crippen LogP contribution in [-0.4, -0.2) is 55.0 Å². The van der Waals surface area contributed by atoms with Crippen molar-refractivity contribution < 1.29 is 14.3 Å². The largest absolute Gasteiger partial charge is 0.379 e. The summed E-state index contributed by atoms with van der Waals surface area (Å²) in [5.41, 5.74) is 2.76. The molecule has 0 atom stereocenters. The Morgan fingerprint density at radius 2 is 1.82 bits per heavy atom. The third kappa shape index (κ3) is 3.26. The van der Waals surface area contributed by atoms with Crippen molar-refractivity contribution in [2.45, 2.75) is 13.0 Å². The zero-order valence-corrected chi connectivity index (χ0v) is 12.7. The summed E-state index contributed by atoms with van der Waals surface area (Å²) in [6, 6.07) is 8.15. The van der Waals surface area contributed by atoms with E-state index >= 15 is 0 Å². The quantitative estimate of drug-likeness (QED) is 0.623. The molecule has 0 saturated carbocycles. The fourth-order valence-corrected chi connectivity index (χ4v) is 2.74. The third-order valence-corrected chi connectivity index (χ3v) is 4.13. The Kier molecular flexibility index (Phi) is 4.36. The Morgan fingerprint density at radius 3 is 2.41 bits per heavy atom. The van der Waals surface area contributed by atoms with Crippen LogP contribution in [0.4, 0.5) is 0 Å². The van der Waals surface area contributed by atoms with Crippen molar-refractivity contribution >= 4 is 17.9 Å². The van der Waals surface area contributed by atoms with Crippen LogP contribution >= 0.6 is 0 Å². The number of nitrogens with zero attached hydrogens (tertiary/aromatic N) is 2. The van der Waals surface area contributed by atoms with Gasteiger partial charge in [-0.2, -0.15) is 0 Å². The maximum Gasteiger partial charge on any atom is 0.256 e. The first-order valence-electron chi connectivity index (χ1n) is 7.54. The molecule has 2 fully saturated rings. The lowest BCUT2D eigenvalue weighted by molar-refractivity contribution is -0.135. The number of hydrogen-bond donors (Lipinski definition) is 0. The van der Waals surface area contributed by atoms with Crippen LogP contribution in [-0.2, 0) is 20.9 Å². The molecular weight excluding hydrogens is 280 g/mol. The van der Waals surface area contributed by atoms with Gasteiger partial charge in [0.15, 0.2) is 0 Å². The summed E-state index contributed by atoms with van der Waals surface area (Å²) < 4.78 is 5.35. The van der Waals surface area contributed by atoms with E-state index in [0.717, 1.165) is 38.4 Å². The summed E-state index contributed by atoms with van der Waals surface area (Å²) >= 11 is 0. The number of ether oxygens (including phenoxy) is 1. The van der Waals surface area contributed by atoms with Gasteiger partial charge in [0.2, 0.25) is 5.91 Å². The van der Waals surface area contributed by atoms with Crippen LogP contribution in [0.3, 0.4) is 0 Å². The maximum absolute atomic E-state index is 11.9. The van der Waals surface area contributed by atoms with Gasteiger partial charge in [0.05, 0.1) is 19.6 Å². The van der Waals surface area contributed by atoms with Crippen LogP contribution in [0.15, 0.2) is 29.8 Å². The van der Waals surface area contributed by atoms with Crippen molar-refractivity contribution in [1.82, 2.24) is 9.80 Å². The number of benzene rings is 1. The van der Waals surface area contributed by atoms with Gasteiger partial charge < -0.3 is 4.74 Å². The highest BCUT2D eigenvalue weighted by atomic mass is 16.5. The molecule has 0 aliphatic carbocycles. The SMILES string of the molecule is CN1C(=O)C/C(=C\c2ccc(CN3CCOCC3)cc2)C1=O. The minimum atomic E-state index is -0.192. The number of carbonyl (C=O) groups excluding carboxylic acids is 2. The Morgan fingerprint density at radius 1 is 1.14 bits per heavy atom. The lowest BCUT2D eigenvalue weighted by Crippen LogP contribution is -2.35. The predicted octanol–water partition coefficient (Wildman–Crippen LogP) is 1.29. The molecule has 2 aliphatic rings. The van der Waals surface area contributed by atoms with Crippen LogP contribution in [0.5, 0.6) is 0 Å². The lowest BCUT2D eigenvalue weighted by atomic mass is 10.1. The molecule has 22 heavy (non-hydrogen) atoms. The van der Waals surface area contributed by atoms with Gasteiger partial charge in [-0.25, -0.2) is 0 Å². The number of imide groups is 1. The smallest absolute Gasteiger partial charge is 0.256 e. The third-order valence-electron chi connectivity index (χ3n) is 4.13. The molecule has 0 bridgehead atoms. The van der Waals surface area contributed by atoms with Gasteiger partial charge in [-0.05, 0) is 17.2 Å². The Hall–Kier alpha value is -1.98. The number of carbonyl (C=O) groups is 2. The summed E-state index contributed by atoms with van der Waals surface area (Å²) in [6.07, 6.45) is 2.01. The van der Waals surface area contributed by atoms with Gasteiger partial charge in [0.25, 0.3) is 5.91 Å². The Balaban J connectivity index is 1.66. The average molecular weight is 300 g/mol. The molecule has 0 unspecified atom stereocenters. The zero-order valence-electron chi connectivity index (χ0n) is 12.7. The second kappa shape index (κ2) is 6.42. The minimum Gasteiger partial charge on any atom is -0.379 e. The highest BCUT2D eigenvalue weighted by Gasteiger charge is 2.30. The molecule has 0 radical (unpaired) electrons. The number of hydrogen-bond acceptors (Lipinski definition) is 4. The molecule has 5 heteroatoms. The second-order valence-electron chi connectivity index (χ2n) is 5.73. The highest BCUT2D eigenvalue weighted by molar-refractivity contribution is 6.15. The fourth-order valence-electron chi connectivity index (χ4n) is 2.74. The first-order chi connectivity index (χ1) is 10.6. The van der Waals surface area contributed by atoms with E-state index in [2.05, 4.69) is 17.0 Å². The summed E-state index contributed by atoms with van der Waals surface area (Å²) in [7, 11) is 1.52.